The van der Waals surface area contributed by atoms with Crippen molar-refractivity contribution in [1.82, 2.24) is 0 Å². The van der Waals surface area contributed by atoms with Gasteiger partial charge in [-0.25, -0.2) is 0 Å². The number of hydrogen-bond donors (Lipinski definition) is 1. The fraction of sp³-hybridized carbons (Fsp3) is 0.600. The van der Waals surface area contributed by atoms with Crippen molar-refractivity contribution >= 4 is 5.69 Å². The van der Waals surface area contributed by atoms with Crippen LogP contribution in [-0.4, -0.2) is 12.6 Å². The fourth-order valence-electron chi connectivity index (χ4n) is 3.04. The van der Waals surface area contributed by atoms with E-state index in [1.54, 1.807) is 0 Å². The standard InChI is InChI=1S/C15H21NO/c1-11-9-12-5-4-8-17-15(12)14(10-11)16-13-6-2-3-7-13/h9-10,13,16H,2-8H2,1H3. The summed E-state index contributed by atoms with van der Waals surface area (Å²) < 4.78 is 5.86. The van der Waals surface area contributed by atoms with Gasteiger partial charge in [-0.1, -0.05) is 18.9 Å². The van der Waals surface area contributed by atoms with Gasteiger partial charge < -0.3 is 10.1 Å². The average molecular weight is 231 g/mol. The molecule has 1 aliphatic carbocycles. The molecule has 1 aliphatic heterocycles. The predicted octanol–water partition coefficient (Wildman–Crippen LogP) is 3.67. The van der Waals surface area contributed by atoms with Gasteiger partial charge in [-0.2, -0.15) is 0 Å². The van der Waals surface area contributed by atoms with Crippen molar-refractivity contribution in [3.05, 3.63) is 23.3 Å². The van der Waals surface area contributed by atoms with Crippen LogP contribution in [0.4, 0.5) is 5.69 Å². The number of nitrogens with one attached hydrogen (secondary N) is 1. The summed E-state index contributed by atoms with van der Waals surface area (Å²) >= 11 is 0. The van der Waals surface area contributed by atoms with Crippen molar-refractivity contribution in [1.29, 1.82) is 0 Å². The lowest BCUT2D eigenvalue weighted by atomic mass is 10.0. The number of rotatable bonds is 2. The Morgan fingerprint density at radius 3 is 2.82 bits per heavy atom. The summed E-state index contributed by atoms with van der Waals surface area (Å²) in [6.07, 6.45) is 7.67. The Bertz CT molecular complexity index is 408. The maximum Gasteiger partial charge on any atom is 0.145 e. The third-order valence-electron chi connectivity index (χ3n) is 3.86. The molecule has 2 heteroatoms. The summed E-state index contributed by atoms with van der Waals surface area (Å²) in [5.41, 5.74) is 3.96. The van der Waals surface area contributed by atoms with Crippen LogP contribution in [0.25, 0.3) is 0 Å². The number of benzene rings is 1. The van der Waals surface area contributed by atoms with Crippen LogP contribution in [0.2, 0.25) is 0 Å². The second kappa shape index (κ2) is 4.59. The zero-order chi connectivity index (χ0) is 11.7. The van der Waals surface area contributed by atoms with Crippen LogP contribution in [0.5, 0.6) is 5.75 Å². The van der Waals surface area contributed by atoms with Gasteiger partial charge in [0.1, 0.15) is 5.75 Å². The van der Waals surface area contributed by atoms with Crippen molar-refractivity contribution < 1.29 is 4.74 Å². The van der Waals surface area contributed by atoms with E-state index in [9.17, 15) is 0 Å². The highest BCUT2D eigenvalue weighted by atomic mass is 16.5. The van der Waals surface area contributed by atoms with Gasteiger partial charge in [0.15, 0.2) is 0 Å². The number of anilines is 1. The summed E-state index contributed by atoms with van der Waals surface area (Å²) in [5, 5.41) is 3.68. The lowest BCUT2D eigenvalue weighted by Gasteiger charge is -2.24. The van der Waals surface area contributed by atoms with Crippen LogP contribution in [0.15, 0.2) is 12.1 Å². The van der Waals surface area contributed by atoms with E-state index in [1.165, 1.54) is 42.5 Å². The second-order valence-electron chi connectivity index (χ2n) is 5.38. The minimum absolute atomic E-state index is 0.659. The maximum absolute atomic E-state index is 5.86. The molecule has 1 N–H and O–H groups in total. The lowest BCUT2D eigenvalue weighted by Crippen LogP contribution is -2.18. The monoisotopic (exact) mass is 231 g/mol. The van der Waals surface area contributed by atoms with Crippen molar-refractivity contribution in [3.63, 3.8) is 0 Å². The highest BCUT2D eigenvalue weighted by Gasteiger charge is 2.20. The molecule has 0 amide bonds. The molecule has 0 unspecified atom stereocenters. The third kappa shape index (κ3) is 2.26. The van der Waals surface area contributed by atoms with E-state index in [0.717, 1.165) is 25.2 Å². The van der Waals surface area contributed by atoms with E-state index in [-0.39, 0.29) is 0 Å². The van der Waals surface area contributed by atoms with Gasteiger partial charge in [-0.3, -0.25) is 0 Å². The molecular formula is C15H21NO. The van der Waals surface area contributed by atoms with Crippen LogP contribution in [0, 0.1) is 6.92 Å². The molecule has 0 aromatic heterocycles. The van der Waals surface area contributed by atoms with E-state index in [4.69, 9.17) is 4.74 Å². The van der Waals surface area contributed by atoms with Crippen LogP contribution in [-0.2, 0) is 6.42 Å². The molecular weight excluding hydrogens is 210 g/mol. The molecule has 17 heavy (non-hydrogen) atoms. The van der Waals surface area contributed by atoms with E-state index in [0.29, 0.717) is 6.04 Å². The van der Waals surface area contributed by atoms with Gasteiger partial charge in [0.25, 0.3) is 0 Å². The first-order chi connectivity index (χ1) is 8.33. The quantitative estimate of drug-likeness (QED) is 0.838. The second-order valence-corrected chi connectivity index (χ2v) is 5.38. The predicted molar refractivity (Wildman–Crippen MR) is 70.9 cm³/mol. The normalized spacial score (nSPS) is 19.8. The molecule has 2 nitrogen and oxygen atoms in total. The van der Waals surface area contributed by atoms with Crippen molar-refractivity contribution in [2.75, 3.05) is 11.9 Å². The first-order valence-corrected chi connectivity index (χ1v) is 6.86. The Morgan fingerprint density at radius 2 is 2.00 bits per heavy atom. The van der Waals surface area contributed by atoms with Gasteiger partial charge in [-0.05, 0) is 49.8 Å². The van der Waals surface area contributed by atoms with E-state index in [1.807, 2.05) is 0 Å². The first-order valence-electron chi connectivity index (χ1n) is 6.86. The van der Waals surface area contributed by atoms with E-state index < -0.39 is 0 Å². The van der Waals surface area contributed by atoms with Crippen molar-refractivity contribution in [2.24, 2.45) is 0 Å². The average Bonchev–Trinajstić information content (AvgIpc) is 2.81. The zero-order valence-corrected chi connectivity index (χ0v) is 10.6. The van der Waals surface area contributed by atoms with Gasteiger partial charge in [0.2, 0.25) is 0 Å². The summed E-state index contributed by atoms with van der Waals surface area (Å²) in [4.78, 5) is 0. The molecule has 0 saturated heterocycles. The summed E-state index contributed by atoms with van der Waals surface area (Å²) in [7, 11) is 0. The Hall–Kier alpha value is -1.18. The molecule has 0 radical (unpaired) electrons. The highest BCUT2D eigenvalue weighted by Crippen LogP contribution is 2.36. The fourth-order valence-corrected chi connectivity index (χ4v) is 3.04. The first kappa shape index (κ1) is 10.9. The molecule has 0 spiro atoms. The smallest absolute Gasteiger partial charge is 0.145 e. The molecule has 0 bridgehead atoms. The lowest BCUT2D eigenvalue weighted by molar-refractivity contribution is 0.289. The molecule has 3 rings (SSSR count). The SMILES string of the molecule is Cc1cc2c(c(NC3CCCC3)c1)OCCC2. The van der Waals surface area contributed by atoms with E-state index in [2.05, 4.69) is 24.4 Å². The Kier molecular flexibility index (Phi) is 2.96. The summed E-state index contributed by atoms with van der Waals surface area (Å²) in [6, 6.07) is 5.17. The highest BCUT2D eigenvalue weighted by molar-refractivity contribution is 5.63. The maximum atomic E-state index is 5.86. The third-order valence-corrected chi connectivity index (χ3v) is 3.86. The van der Waals surface area contributed by atoms with Crippen molar-refractivity contribution in [3.8, 4) is 5.75 Å². The van der Waals surface area contributed by atoms with Crippen molar-refractivity contribution in [2.45, 2.75) is 51.5 Å². The minimum Gasteiger partial charge on any atom is -0.491 e. The Labute approximate surface area is 103 Å². The molecule has 1 aromatic carbocycles. The Morgan fingerprint density at radius 1 is 1.18 bits per heavy atom. The zero-order valence-electron chi connectivity index (χ0n) is 10.6. The molecule has 1 aromatic rings. The summed E-state index contributed by atoms with van der Waals surface area (Å²) in [5.74, 6) is 1.12. The number of ether oxygens (including phenoxy) is 1. The summed E-state index contributed by atoms with van der Waals surface area (Å²) in [6.45, 7) is 3.05. The number of fused-ring (bicyclic) bond motifs is 1. The van der Waals surface area contributed by atoms with Gasteiger partial charge in [-0.15, -0.1) is 0 Å². The van der Waals surface area contributed by atoms with Crippen LogP contribution in [0.3, 0.4) is 0 Å². The Balaban J connectivity index is 1.88. The molecule has 2 aliphatic rings. The minimum atomic E-state index is 0.659. The van der Waals surface area contributed by atoms with Gasteiger partial charge in [0.05, 0.1) is 12.3 Å². The number of hydrogen-bond acceptors (Lipinski definition) is 2. The van der Waals surface area contributed by atoms with Crippen LogP contribution < -0.4 is 10.1 Å². The molecule has 1 saturated carbocycles. The molecule has 0 atom stereocenters. The van der Waals surface area contributed by atoms with Gasteiger partial charge >= 0.3 is 0 Å². The van der Waals surface area contributed by atoms with Gasteiger partial charge in [0, 0.05) is 6.04 Å². The molecule has 1 fully saturated rings. The van der Waals surface area contributed by atoms with Crippen LogP contribution >= 0.6 is 0 Å². The molecule has 1 heterocycles. The van der Waals surface area contributed by atoms with Crippen LogP contribution in [0.1, 0.15) is 43.2 Å². The molecule has 92 valence electrons. The van der Waals surface area contributed by atoms with E-state index >= 15 is 0 Å². The number of aryl methyl sites for hydroxylation is 2. The largest absolute Gasteiger partial charge is 0.491 e. The topological polar surface area (TPSA) is 21.3 Å².